The molecule has 0 aliphatic rings. The Morgan fingerprint density at radius 3 is 2.57 bits per heavy atom. The van der Waals surface area contributed by atoms with Crippen molar-refractivity contribution < 1.29 is 23.1 Å². The van der Waals surface area contributed by atoms with Crippen LogP contribution in [0.1, 0.15) is 28.0 Å². The lowest BCUT2D eigenvalue weighted by Crippen LogP contribution is -2.06. The van der Waals surface area contributed by atoms with Gasteiger partial charge in [0.2, 0.25) is 0 Å². The first kappa shape index (κ1) is 15.2. The number of carbonyl (C=O) groups is 1. The van der Waals surface area contributed by atoms with Gasteiger partial charge >= 0.3 is 5.97 Å². The molecule has 0 amide bonds. The quantitative estimate of drug-likeness (QED) is 0.933. The summed E-state index contributed by atoms with van der Waals surface area (Å²) in [5.41, 5.74) is -1.65. The molecular formula is C13H8ClF3N2O2. The van der Waals surface area contributed by atoms with Gasteiger partial charge in [0, 0.05) is 11.1 Å². The predicted octanol–water partition coefficient (Wildman–Crippen LogP) is 3.88. The van der Waals surface area contributed by atoms with Crippen LogP contribution in [-0.2, 0) is 0 Å². The molecule has 0 saturated heterocycles. The summed E-state index contributed by atoms with van der Waals surface area (Å²) in [6, 6.07) is 2.96. The van der Waals surface area contributed by atoms with Crippen molar-refractivity contribution in [2.75, 3.05) is 0 Å². The summed E-state index contributed by atoms with van der Waals surface area (Å²) in [6.45, 7) is 1.39. The number of alkyl halides is 2. The molecule has 8 heteroatoms. The summed E-state index contributed by atoms with van der Waals surface area (Å²) in [5.74, 6) is -2.41. The van der Waals surface area contributed by atoms with E-state index in [2.05, 4.69) is 10.2 Å². The first-order chi connectivity index (χ1) is 9.82. The van der Waals surface area contributed by atoms with E-state index in [0.29, 0.717) is 0 Å². The third-order valence-electron chi connectivity index (χ3n) is 2.83. The van der Waals surface area contributed by atoms with Crippen LogP contribution in [0.25, 0.3) is 11.3 Å². The molecule has 1 aromatic carbocycles. The van der Waals surface area contributed by atoms with Crippen LogP contribution < -0.4 is 0 Å². The van der Waals surface area contributed by atoms with Crippen molar-refractivity contribution in [1.29, 1.82) is 0 Å². The molecule has 0 unspecified atom stereocenters. The molecule has 1 heterocycles. The zero-order valence-electron chi connectivity index (χ0n) is 10.6. The van der Waals surface area contributed by atoms with Crippen molar-refractivity contribution in [3.05, 3.63) is 45.9 Å². The van der Waals surface area contributed by atoms with E-state index in [1.54, 1.807) is 0 Å². The van der Waals surface area contributed by atoms with Gasteiger partial charge in [0.25, 0.3) is 6.43 Å². The number of carboxylic acids is 1. The van der Waals surface area contributed by atoms with Crippen LogP contribution in [0.4, 0.5) is 13.2 Å². The van der Waals surface area contributed by atoms with E-state index < -0.39 is 29.3 Å². The monoisotopic (exact) mass is 316 g/mol. The second-order valence-electron chi connectivity index (χ2n) is 4.16. The number of nitrogens with zero attached hydrogens (tertiary/aromatic N) is 2. The van der Waals surface area contributed by atoms with E-state index in [-0.39, 0.29) is 22.0 Å². The second-order valence-corrected chi connectivity index (χ2v) is 4.57. The van der Waals surface area contributed by atoms with E-state index in [4.69, 9.17) is 16.7 Å². The molecule has 2 rings (SSSR count). The van der Waals surface area contributed by atoms with Crippen LogP contribution in [0.15, 0.2) is 18.2 Å². The normalized spacial score (nSPS) is 11.0. The summed E-state index contributed by atoms with van der Waals surface area (Å²) in [5, 5.41) is 15.8. The Hall–Kier alpha value is -2.15. The molecule has 0 aliphatic heterocycles. The maximum Gasteiger partial charge on any atom is 0.337 e. The SMILES string of the molecule is Cc1nnc(-c2c(C(F)F)ccc(Cl)c2F)cc1C(=O)O. The van der Waals surface area contributed by atoms with Crippen LogP contribution in [0.3, 0.4) is 0 Å². The van der Waals surface area contributed by atoms with Crippen LogP contribution >= 0.6 is 11.6 Å². The van der Waals surface area contributed by atoms with Crippen LogP contribution in [0.2, 0.25) is 5.02 Å². The maximum atomic E-state index is 14.1. The summed E-state index contributed by atoms with van der Waals surface area (Å²) in [4.78, 5) is 11.0. The highest BCUT2D eigenvalue weighted by molar-refractivity contribution is 6.31. The number of aryl methyl sites for hydroxylation is 1. The van der Waals surface area contributed by atoms with Gasteiger partial charge < -0.3 is 5.11 Å². The van der Waals surface area contributed by atoms with Gasteiger partial charge in [-0.2, -0.15) is 10.2 Å². The van der Waals surface area contributed by atoms with Crippen molar-refractivity contribution in [2.24, 2.45) is 0 Å². The predicted molar refractivity (Wildman–Crippen MR) is 69.1 cm³/mol. The van der Waals surface area contributed by atoms with Crippen molar-refractivity contribution in [3.63, 3.8) is 0 Å². The van der Waals surface area contributed by atoms with Gasteiger partial charge in [0.1, 0.15) is 0 Å². The molecule has 0 radical (unpaired) electrons. The number of halogens is 4. The summed E-state index contributed by atoms with van der Waals surface area (Å²) in [6.07, 6.45) is -2.97. The zero-order valence-corrected chi connectivity index (χ0v) is 11.3. The Bertz CT molecular complexity index is 723. The third-order valence-corrected chi connectivity index (χ3v) is 3.12. The Morgan fingerprint density at radius 1 is 1.33 bits per heavy atom. The highest BCUT2D eigenvalue weighted by Crippen LogP contribution is 2.35. The molecule has 0 saturated carbocycles. The minimum atomic E-state index is -2.97. The van der Waals surface area contributed by atoms with E-state index in [1.165, 1.54) is 6.92 Å². The number of benzene rings is 1. The van der Waals surface area contributed by atoms with Crippen molar-refractivity contribution in [3.8, 4) is 11.3 Å². The molecule has 0 spiro atoms. The number of hydrogen-bond donors (Lipinski definition) is 1. The molecule has 21 heavy (non-hydrogen) atoms. The molecule has 1 N–H and O–H groups in total. The lowest BCUT2D eigenvalue weighted by Gasteiger charge is -2.11. The smallest absolute Gasteiger partial charge is 0.337 e. The van der Waals surface area contributed by atoms with Crippen LogP contribution in [-0.4, -0.2) is 21.3 Å². The number of aromatic nitrogens is 2. The fourth-order valence-corrected chi connectivity index (χ4v) is 1.96. The molecule has 2 aromatic rings. The van der Waals surface area contributed by atoms with E-state index in [0.717, 1.165) is 18.2 Å². The van der Waals surface area contributed by atoms with E-state index in [9.17, 15) is 18.0 Å². The maximum absolute atomic E-state index is 14.1. The average Bonchev–Trinajstić information content (AvgIpc) is 2.42. The van der Waals surface area contributed by atoms with Gasteiger partial charge in [-0.1, -0.05) is 17.7 Å². The van der Waals surface area contributed by atoms with Gasteiger partial charge in [-0.25, -0.2) is 18.0 Å². The lowest BCUT2D eigenvalue weighted by molar-refractivity contribution is 0.0695. The molecule has 0 bridgehead atoms. The van der Waals surface area contributed by atoms with Gasteiger partial charge in [0.15, 0.2) is 5.82 Å². The number of carboxylic acid groups (broad SMARTS) is 1. The van der Waals surface area contributed by atoms with Crippen LogP contribution in [0, 0.1) is 12.7 Å². The summed E-state index contributed by atoms with van der Waals surface area (Å²) < 4.78 is 40.0. The Kier molecular flexibility index (Phi) is 4.13. The van der Waals surface area contributed by atoms with Crippen molar-refractivity contribution >= 4 is 17.6 Å². The fourth-order valence-electron chi connectivity index (χ4n) is 1.80. The first-order valence-electron chi connectivity index (χ1n) is 5.67. The largest absolute Gasteiger partial charge is 0.478 e. The summed E-state index contributed by atoms with van der Waals surface area (Å²) in [7, 11) is 0. The minimum Gasteiger partial charge on any atom is -0.478 e. The standard InChI is InChI=1S/C13H8ClF3N2O2/c1-5-7(13(20)21)4-9(19-18-5)10-6(12(16)17)2-3-8(14)11(10)15/h2-4,12H,1H3,(H,20,21). The van der Waals surface area contributed by atoms with Crippen LogP contribution in [0.5, 0.6) is 0 Å². The van der Waals surface area contributed by atoms with Gasteiger partial charge in [-0.15, -0.1) is 0 Å². The van der Waals surface area contributed by atoms with Gasteiger partial charge in [-0.3, -0.25) is 0 Å². The highest BCUT2D eigenvalue weighted by atomic mass is 35.5. The summed E-state index contributed by atoms with van der Waals surface area (Å²) >= 11 is 5.59. The molecule has 1 aromatic heterocycles. The second kappa shape index (κ2) is 5.69. The third kappa shape index (κ3) is 2.82. The molecule has 0 atom stereocenters. The topological polar surface area (TPSA) is 63.1 Å². The highest BCUT2D eigenvalue weighted by Gasteiger charge is 2.23. The van der Waals surface area contributed by atoms with E-state index in [1.807, 2.05) is 0 Å². The Morgan fingerprint density at radius 2 is 2.00 bits per heavy atom. The van der Waals surface area contributed by atoms with Gasteiger partial charge in [-0.05, 0) is 19.1 Å². The average molecular weight is 317 g/mol. The van der Waals surface area contributed by atoms with Crippen molar-refractivity contribution in [2.45, 2.75) is 13.3 Å². The van der Waals surface area contributed by atoms with Crippen molar-refractivity contribution in [1.82, 2.24) is 10.2 Å². The molecule has 0 aliphatic carbocycles. The number of rotatable bonds is 3. The number of hydrogen-bond acceptors (Lipinski definition) is 3. The first-order valence-corrected chi connectivity index (χ1v) is 6.04. The zero-order chi connectivity index (χ0) is 15.7. The molecule has 0 fully saturated rings. The van der Waals surface area contributed by atoms with E-state index >= 15 is 0 Å². The molecule has 4 nitrogen and oxygen atoms in total. The number of aromatic carboxylic acids is 1. The minimum absolute atomic E-state index is 0.0901. The fraction of sp³-hybridized carbons (Fsp3) is 0.154. The Labute approximate surface area is 122 Å². The van der Waals surface area contributed by atoms with Gasteiger partial charge in [0.05, 0.1) is 22.0 Å². The lowest BCUT2D eigenvalue weighted by atomic mass is 10.0. The molecular weight excluding hydrogens is 309 g/mol. The molecule has 110 valence electrons. The Balaban J connectivity index is 2.75.